The van der Waals surface area contributed by atoms with Crippen LogP contribution in [0.1, 0.15) is 11.1 Å². The summed E-state index contributed by atoms with van der Waals surface area (Å²) in [7, 11) is 0. The highest BCUT2D eigenvalue weighted by Crippen LogP contribution is 2.22. The minimum Gasteiger partial charge on any atom is -0.126 e. The lowest BCUT2D eigenvalue weighted by molar-refractivity contribution is 1.15. The summed E-state index contributed by atoms with van der Waals surface area (Å²) in [6, 6.07) is 12.7. The molecule has 0 heterocycles. The summed E-state index contributed by atoms with van der Waals surface area (Å²) in [5.41, 5.74) is 2.46. The predicted molar refractivity (Wildman–Crippen MR) is 68.5 cm³/mol. The monoisotopic (exact) mass is 216 g/mol. The maximum absolute atomic E-state index is 5.76. The molecule has 15 heavy (non-hydrogen) atoms. The van der Waals surface area contributed by atoms with E-state index in [0.717, 1.165) is 6.42 Å². The number of aryl methyl sites for hydroxylation is 1. The van der Waals surface area contributed by atoms with Gasteiger partial charge in [-0.1, -0.05) is 49.1 Å². The maximum Gasteiger partial charge on any atom is 0.0263 e. The van der Waals surface area contributed by atoms with E-state index in [2.05, 4.69) is 43.0 Å². The number of halogens is 1. The van der Waals surface area contributed by atoms with Crippen molar-refractivity contribution in [1.82, 2.24) is 0 Å². The third-order valence-corrected chi connectivity index (χ3v) is 2.75. The first-order valence-corrected chi connectivity index (χ1v) is 5.58. The summed E-state index contributed by atoms with van der Waals surface area (Å²) >= 11 is 5.76. The summed E-state index contributed by atoms with van der Waals surface area (Å²) in [6.45, 7) is 3.85. The lowest BCUT2D eigenvalue weighted by Crippen LogP contribution is -1.88. The molecule has 2 rings (SSSR count). The fourth-order valence-electron chi connectivity index (χ4n) is 1.83. The molecule has 2 aromatic rings. The molecule has 0 bridgehead atoms. The van der Waals surface area contributed by atoms with E-state index in [-0.39, 0.29) is 0 Å². The zero-order chi connectivity index (χ0) is 10.7. The molecule has 0 radical (unpaired) electrons. The molecule has 0 N–H and O–H groups in total. The molecule has 0 spiro atoms. The molecule has 0 nitrogen and oxygen atoms in total. The van der Waals surface area contributed by atoms with Crippen molar-refractivity contribution in [2.24, 2.45) is 0 Å². The molecular weight excluding hydrogens is 204 g/mol. The van der Waals surface area contributed by atoms with E-state index in [1.54, 1.807) is 0 Å². The Kier molecular flexibility index (Phi) is 3.08. The van der Waals surface area contributed by atoms with Crippen LogP contribution in [0.25, 0.3) is 16.8 Å². The van der Waals surface area contributed by atoms with Gasteiger partial charge < -0.3 is 0 Å². The quantitative estimate of drug-likeness (QED) is 0.673. The highest BCUT2D eigenvalue weighted by Gasteiger charge is 2.00. The van der Waals surface area contributed by atoms with Crippen LogP contribution in [0.2, 0.25) is 0 Å². The molecule has 76 valence electrons. The zero-order valence-electron chi connectivity index (χ0n) is 8.54. The molecule has 2 aromatic carbocycles. The molecule has 0 aliphatic carbocycles. The Morgan fingerprint density at radius 1 is 1.20 bits per heavy atom. The molecule has 0 amide bonds. The van der Waals surface area contributed by atoms with Crippen LogP contribution in [0.5, 0.6) is 0 Å². The lowest BCUT2D eigenvalue weighted by Gasteiger charge is -2.06. The molecule has 0 aliphatic rings. The van der Waals surface area contributed by atoms with Gasteiger partial charge in [-0.25, -0.2) is 0 Å². The van der Waals surface area contributed by atoms with Crippen molar-refractivity contribution in [3.8, 4) is 0 Å². The Labute approximate surface area is 95.2 Å². The van der Waals surface area contributed by atoms with E-state index in [9.17, 15) is 0 Å². The van der Waals surface area contributed by atoms with Gasteiger partial charge in [0.1, 0.15) is 0 Å². The van der Waals surface area contributed by atoms with E-state index < -0.39 is 0 Å². The van der Waals surface area contributed by atoms with Crippen LogP contribution in [-0.2, 0) is 6.42 Å². The normalized spacial score (nSPS) is 10.5. The number of benzene rings is 2. The molecule has 0 unspecified atom stereocenters. The lowest BCUT2D eigenvalue weighted by atomic mass is 10.00. The largest absolute Gasteiger partial charge is 0.126 e. The third kappa shape index (κ3) is 2.05. The number of alkyl halides is 1. The Morgan fingerprint density at radius 3 is 2.73 bits per heavy atom. The van der Waals surface area contributed by atoms with E-state index in [4.69, 9.17) is 11.6 Å². The fraction of sp³-hybridized carbons (Fsp3) is 0.143. The first kappa shape index (κ1) is 10.3. The average Bonchev–Trinajstić information content (AvgIpc) is 2.28. The molecule has 0 saturated carbocycles. The second-order valence-electron chi connectivity index (χ2n) is 3.55. The van der Waals surface area contributed by atoms with Gasteiger partial charge in [0.15, 0.2) is 0 Å². The highest BCUT2D eigenvalue weighted by atomic mass is 35.5. The molecule has 0 fully saturated rings. The number of rotatable bonds is 3. The van der Waals surface area contributed by atoms with Gasteiger partial charge in [0, 0.05) is 5.88 Å². The number of hydrogen-bond donors (Lipinski definition) is 0. The van der Waals surface area contributed by atoms with Crippen LogP contribution in [0.4, 0.5) is 0 Å². The van der Waals surface area contributed by atoms with Gasteiger partial charge in [-0.05, 0) is 28.3 Å². The second kappa shape index (κ2) is 4.50. The molecule has 0 aromatic heterocycles. The van der Waals surface area contributed by atoms with Gasteiger partial charge >= 0.3 is 0 Å². The molecular formula is C14H13Cl. The van der Waals surface area contributed by atoms with Crippen LogP contribution in [0.15, 0.2) is 43.0 Å². The number of fused-ring (bicyclic) bond motifs is 1. The fourth-order valence-corrected chi connectivity index (χ4v) is 2.05. The number of hydrogen-bond acceptors (Lipinski definition) is 0. The summed E-state index contributed by atoms with van der Waals surface area (Å²) in [6.07, 6.45) is 2.81. The zero-order valence-corrected chi connectivity index (χ0v) is 9.30. The van der Waals surface area contributed by atoms with Gasteiger partial charge in [-0.15, -0.1) is 11.6 Å². The van der Waals surface area contributed by atoms with Gasteiger partial charge in [-0.3, -0.25) is 0 Å². The van der Waals surface area contributed by atoms with Crippen molar-refractivity contribution in [3.05, 3.63) is 54.1 Å². The minimum atomic E-state index is 0.662. The van der Waals surface area contributed by atoms with Crippen molar-refractivity contribution in [3.63, 3.8) is 0 Å². The van der Waals surface area contributed by atoms with Gasteiger partial charge in [0.2, 0.25) is 0 Å². The minimum absolute atomic E-state index is 0.662. The van der Waals surface area contributed by atoms with Crippen LogP contribution >= 0.6 is 11.6 Å². The van der Waals surface area contributed by atoms with Crippen LogP contribution < -0.4 is 0 Å². The van der Waals surface area contributed by atoms with Crippen LogP contribution in [0, 0.1) is 0 Å². The second-order valence-corrected chi connectivity index (χ2v) is 3.93. The van der Waals surface area contributed by atoms with Crippen LogP contribution in [-0.4, -0.2) is 5.88 Å². The molecule has 0 aliphatic heterocycles. The highest BCUT2D eigenvalue weighted by molar-refractivity contribution is 6.18. The Morgan fingerprint density at radius 2 is 2.00 bits per heavy atom. The van der Waals surface area contributed by atoms with Gasteiger partial charge in [0.25, 0.3) is 0 Å². The summed E-state index contributed by atoms with van der Waals surface area (Å²) in [5, 5.41) is 2.51. The van der Waals surface area contributed by atoms with Crippen molar-refractivity contribution >= 4 is 28.4 Å². The Balaban J connectivity index is 2.65. The van der Waals surface area contributed by atoms with Crippen molar-refractivity contribution in [1.29, 1.82) is 0 Å². The van der Waals surface area contributed by atoms with Gasteiger partial charge in [0.05, 0.1) is 0 Å². The third-order valence-electron chi connectivity index (χ3n) is 2.56. The van der Waals surface area contributed by atoms with Crippen molar-refractivity contribution in [2.45, 2.75) is 6.42 Å². The summed E-state index contributed by atoms with van der Waals surface area (Å²) in [4.78, 5) is 0. The SMILES string of the molecule is C=Cc1cc(CCCl)cc2ccccc12. The van der Waals surface area contributed by atoms with Crippen molar-refractivity contribution < 1.29 is 0 Å². The first-order valence-electron chi connectivity index (χ1n) is 5.05. The summed E-state index contributed by atoms with van der Waals surface area (Å²) < 4.78 is 0. The first-order chi connectivity index (χ1) is 7.35. The Bertz CT molecular complexity index is 486. The predicted octanol–water partition coefficient (Wildman–Crippen LogP) is 4.26. The maximum atomic E-state index is 5.76. The van der Waals surface area contributed by atoms with E-state index >= 15 is 0 Å². The van der Waals surface area contributed by atoms with E-state index in [0.29, 0.717) is 5.88 Å². The van der Waals surface area contributed by atoms with E-state index in [1.807, 2.05) is 6.08 Å². The Hall–Kier alpha value is -1.27. The van der Waals surface area contributed by atoms with E-state index in [1.165, 1.54) is 21.9 Å². The molecule has 0 atom stereocenters. The average molecular weight is 217 g/mol. The van der Waals surface area contributed by atoms with Crippen molar-refractivity contribution in [2.75, 3.05) is 5.88 Å². The molecule has 1 heteroatoms. The van der Waals surface area contributed by atoms with Crippen LogP contribution in [0.3, 0.4) is 0 Å². The standard InChI is InChI=1S/C14H13Cl/c1-2-12-9-11(7-8-15)10-13-5-3-4-6-14(12)13/h2-6,9-10H,1,7-8H2. The molecule has 0 saturated heterocycles. The summed E-state index contributed by atoms with van der Waals surface area (Å²) in [5.74, 6) is 0.662. The topological polar surface area (TPSA) is 0 Å². The van der Waals surface area contributed by atoms with Gasteiger partial charge in [-0.2, -0.15) is 0 Å². The smallest absolute Gasteiger partial charge is 0.0263 e.